The number of rotatable bonds is 5. The maximum atomic E-state index is 13.2. The maximum absolute atomic E-state index is 13.2. The molecule has 6 heteroatoms. The summed E-state index contributed by atoms with van der Waals surface area (Å²) in [6.45, 7) is 4.65. The van der Waals surface area contributed by atoms with E-state index in [2.05, 4.69) is 4.90 Å². The maximum Gasteiger partial charge on any atom is 0.227 e. The molecule has 0 aromatic heterocycles. The minimum Gasteiger partial charge on any atom is -0.496 e. The molecule has 1 aromatic rings. The van der Waals surface area contributed by atoms with Crippen LogP contribution in [0.4, 0.5) is 0 Å². The molecule has 1 atom stereocenters. The van der Waals surface area contributed by atoms with Crippen LogP contribution in [0.2, 0.25) is 0 Å². The number of methoxy groups -OCH3 is 1. The molecule has 30 heavy (non-hydrogen) atoms. The molecule has 1 aromatic carbocycles. The van der Waals surface area contributed by atoms with Gasteiger partial charge in [-0.2, -0.15) is 0 Å². The minimum atomic E-state index is -0.0846. The number of hydrogen-bond donors (Lipinski definition) is 0. The largest absolute Gasteiger partial charge is 0.496 e. The molecule has 3 aliphatic rings. The van der Waals surface area contributed by atoms with E-state index in [1.54, 1.807) is 7.11 Å². The number of carbonyl (C=O) groups excluding carboxylic acids is 2. The van der Waals surface area contributed by atoms with Crippen LogP contribution in [0.15, 0.2) is 24.3 Å². The van der Waals surface area contributed by atoms with E-state index < -0.39 is 0 Å². The number of ether oxygens (including phenoxy) is 1. The van der Waals surface area contributed by atoms with Gasteiger partial charge in [0.25, 0.3) is 0 Å². The molecule has 1 unspecified atom stereocenters. The number of piperidine rings is 1. The lowest BCUT2D eigenvalue weighted by atomic mass is 9.93. The molecule has 0 spiro atoms. The van der Waals surface area contributed by atoms with Crippen molar-refractivity contribution in [2.45, 2.75) is 57.5 Å². The molecule has 3 fully saturated rings. The lowest BCUT2D eigenvalue weighted by Crippen LogP contribution is -2.55. The van der Waals surface area contributed by atoms with Gasteiger partial charge in [-0.05, 0) is 25.3 Å². The van der Waals surface area contributed by atoms with Crippen LogP contribution in [0.3, 0.4) is 0 Å². The van der Waals surface area contributed by atoms with E-state index in [1.807, 2.05) is 34.1 Å². The topological polar surface area (TPSA) is 53.1 Å². The fourth-order valence-corrected chi connectivity index (χ4v) is 5.32. The third-order valence-electron chi connectivity index (χ3n) is 7.12. The van der Waals surface area contributed by atoms with Crippen LogP contribution in [0.5, 0.6) is 5.75 Å². The Morgan fingerprint density at radius 2 is 1.77 bits per heavy atom. The third kappa shape index (κ3) is 4.80. The van der Waals surface area contributed by atoms with Crippen LogP contribution in [0.25, 0.3) is 0 Å². The number of likely N-dealkylation sites (tertiary alicyclic amines) is 1. The van der Waals surface area contributed by atoms with Gasteiger partial charge in [0.15, 0.2) is 0 Å². The van der Waals surface area contributed by atoms with Crippen molar-refractivity contribution < 1.29 is 14.3 Å². The van der Waals surface area contributed by atoms with Crippen LogP contribution in [0, 0.1) is 5.92 Å². The lowest BCUT2D eigenvalue weighted by Gasteiger charge is -2.42. The second kappa shape index (κ2) is 9.82. The van der Waals surface area contributed by atoms with Gasteiger partial charge in [0.05, 0.1) is 13.0 Å². The third-order valence-corrected chi connectivity index (χ3v) is 7.12. The lowest BCUT2D eigenvalue weighted by molar-refractivity contribution is -0.144. The number of para-hydroxylation sites is 1. The van der Waals surface area contributed by atoms with Crippen LogP contribution in [0.1, 0.15) is 50.5 Å². The summed E-state index contributed by atoms with van der Waals surface area (Å²) in [5.74, 6) is 1.07. The van der Waals surface area contributed by atoms with Crippen LogP contribution in [-0.2, 0) is 16.1 Å². The van der Waals surface area contributed by atoms with Gasteiger partial charge < -0.3 is 14.5 Å². The quantitative estimate of drug-likeness (QED) is 0.745. The highest BCUT2D eigenvalue weighted by Crippen LogP contribution is 2.27. The highest BCUT2D eigenvalue weighted by atomic mass is 16.5. The van der Waals surface area contributed by atoms with E-state index in [9.17, 15) is 9.59 Å². The SMILES string of the molecule is COc1ccccc1CN1CC(C(=O)N2CCN(C3CCCCC3)CC2)CCC1=O. The Morgan fingerprint density at radius 3 is 2.50 bits per heavy atom. The van der Waals surface area contributed by atoms with E-state index >= 15 is 0 Å². The average molecular weight is 414 g/mol. The fraction of sp³-hybridized carbons (Fsp3) is 0.667. The molecule has 2 aliphatic heterocycles. The van der Waals surface area contributed by atoms with E-state index in [0.717, 1.165) is 43.5 Å². The Hall–Kier alpha value is -2.08. The van der Waals surface area contributed by atoms with Gasteiger partial charge in [0.2, 0.25) is 11.8 Å². The molecular formula is C24H35N3O3. The smallest absolute Gasteiger partial charge is 0.227 e. The molecular weight excluding hydrogens is 378 g/mol. The second-order valence-corrected chi connectivity index (χ2v) is 8.97. The number of hydrogen-bond acceptors (Lipinski definition) is 4. The van der Waals surface area contributed by atoms with Crippen molar-refractivity contribution >= 4 is 11.8 Å². The van der Waals surface area contributed by atoms with Gasteiger partial charge >= 0.3 is 0 Å². The molecule has 0 N–H and O–H groups in total. The highest BCUT2D eigenvalue weighted by Gasteiger charge is 2.35. The summed E-state index contributed by atoms with van der Waals surface area (Å²) in [6.07, 6.45) is 7.83. The fourth-order valence-electron chi connectivity index (χ4n) is 5.32. The molecule has 1 saturated carbocycles. The van der Waals surface area contributed by atoms with Gasteiger partial charge in [0, 0.05) is 57.3 Å². The van der Waals surface area contributed by atoms with E-state index in [0.29, 0.717) is 25.9 Å². The Bertz CT molecular complexity index is 739. The van der Waals surface area contributed by atoms with Gasteiger partial charge in [-0.3, -0.25) is 14.5 Å². The van der Waals surface area contributed by atoms with Crippen LogP contribution in [-0.4, -0.2) is 72.4 Å². The Labute approximate surface area is 180 Å². The zero-order valence-corrected chi connectivity index (χ0v) is 18.2. The van der Waals surface area contributed by atoms with Crippen molar-refractivity contribution in [1.82, 2.24) is 14.7 Å². The van der Waals surface area contributed by atoms with Gasteiger partial charge in [-0.1, -0.05) is 37.5 Å². The number of piperazine rings is 1. The summed E-state index contributed by atoms with van der Waals surface area (Å²) in [6, 6.07) is 8.51. The summed E-state index contributed by atoms with van der Waals surface area (Å²) in [5, 5.41) is 0. The van der Waals surface area contributed by atoms with E-state index in [4.69, 9.17) is 4.74 Å². The molecule has 1 aliphatic carbocycles. The Morgan fingerprint density at radius 1 is 1.03 bits per heavy atom. The first-order valence-electron chi connectivity index (χ1n) is 11.6. The van der Waals surface area contributed by atoms with Crippen molar-refractivity contribution in [3.05, 3.63) is 29.8 Å². The Balaban J connectivity index is 1.32. The van der Waals surface area contributed by atoms with Crippen LogP contribution >= 0.6 is 0 Å². The predicted octanol–water partition coefficient (Wildman–Crippen LogP) is 2.91. The van der Waals surface area contributed by atoms with Crippen molar-refractivity contribution in [3.63, 3.8) is 0 Å². The molecule has 2 saturated heterocycles. The summed E-state index contributed by atoms with van der Waals surface area (Å²) >= 11 is 0. The molecule has 164 valence electrons. The number of benzene rings is 1. The summed E-state index contributed by atoms with van der Waals surface area (Å²) in [4.78, 5) is 32.2. The standard InChI is InChI=1S/C24H35N3O3/c1-30-22-10-6-5-7-19(22)17-27-18-20(11-12-23(27)28)24(29)26-15-13-25(14-16-26)21-8-3-2-4-9-21/h5-7,10,20-21H,2-4,8-9,11-18H2,1H3. The summed E-state index contributed by atoms with van der Waals surface area (Å²) < 4.78 is 5.43. The summed E-state index contributed by atoms with van der Waals surface area (Å²) in [7, 11) is 1.65. The van der Waals surface area contributed by atoms with Gasteiger partial charge in [-0.25, -0.2) is 0 Å². The molecule has 6 nitrogen and oxygen atoms in total. The second-order valence-electron chi connectivity index (χ2n) is 8.97. The molecule has 2 amide bonds. The van der Waals surface area contributed by atoms with Crippen molar-refractivity contribution in [2.24, 2.45) is 5.92 Å². The zero-order chi connectivity index (χ0) is 20.9. The van der Waals surface area contributed by atoms with Crippen molar-refractivity contribution in [1.29, 1.82) is 0 Å². The van der Waals surface area contributed by atoms with Gasteiger partial charge in [-0.15, -0.1) is 0 Å². The normalized spacial score (nSPS) is 24.2. The molecule has 2 heterocycles. The van der Waals surface area contributed by atoms with Crippen LogP contribution < -0.4 is 4.74 Å². The molecule has 0 radical (unpaired) electrons. The predicted molar refractivity (Wildman–Crippen MR) is 116 cm³/mol. The van der Waals surface area contributed by atoms with Crippen molar-refractivity contribution in [3.8, 4) is 5.75 Å². The Kier molecular flexibility index (Phi) is 6.93. The summed E-state index contributed by atoms with van der Waals surface area (Å²) in [5.41, 5.74) is 0.988. The highest BCUT2D eigenvalue weighted by molar-refractivity contribution is 5.84. The first-order chi connectivity index (χ1) is 14.7. The molecule has 4 rings (SSSR count). The van der Waals surface area contributed by atoms with E-state index in [-0.39, 0.29) is 17.7 Å². The zero-order valence-electron chi connectivity index (χ0n) is 18.2. The number of amides is 2. The first kappa shape index (κ1) is 21.2. The van der Waals surface area contributed by atoms with Crippen molar-refractivity contribution in [2.75, 3.05) is 39.8 Å². The monoisotopic (exact) mass is 413 g/mol. The first-order valence-corrected chi connectivity index (χ1v) is 11.6. The molecule has 0 bridgehead atoms. The number of carbonyl (C=O) groups is 2. The number of nitrogens with zero attached hydrogens (tertiary/aromatic N) is 3. The van der Waals surface area contributed by atoms with E-state index in [1.165, 1.54) is 32.1 Å². The average Bonchev–Trinajstić information content (AvgIpc) is 2.81. The van der Waals surface area contributed by atoms with Gasteiger partial charge in [0.1, 0.15) is 5.75 Å². The minimum absolute atomic E-state index is 0.0846.